The van der Waals surface area contributed by atoms with Gasteiger partial charge in [-0.25, -0.2) is 0 Å². The van der Waals surface area contributed by atoms with Gasteiger partial charge in [0.25, 0.3) is 0 Å². The molecule has 1 heterocycles. The Kier molecular flexibility index (Phi) is 9.34. The monoisotopic (exact) mass is 475 g/mol. The first-order chi connectivity index (χ1) is 13.0. The van der Waals surface area contributed by atoms with Crippen molar-refractivity contribution in [2.45, 2.75) is 95.8 Å². The van der Waals surface area contributed by atoms with Crippen LogP contribution in [-0.2, 0) is 0 Å². The van der Waals surface area contributed by atoms with Crippen LogP contribution in [0.25, 0.3) is 5.69 Å². The first-order valence-electron chi connectivity index (χ1n) is 10.8. The van der Waals surface area contributed by atoms with Gasteiger partial charge in [-0.1, -0.05) is 0 Å². The number of benzene rings is 1. The Bertz CT molecular complexity index is 671. The quantitative estimate of drug-likeness (QED) is 0.357. The van der Waals surface area contributed by atoms with E-state index in [1.54, 1.807) is 0 Å². The van der Waals surface area contributed by atoms with Gasteiger partial charge < -0.3 is 0 Å². The van der Waals surface area contributed by atoms with E-state index in [1.807, 2.05) is 0 Å². The number of nitrogens with zero attached hydrogens (tertiary/aromatic N) is 3. The van der Waals surface area contributed by atoms with Crippen LogP contribution >= 0.6 is 0 Å². The molecule has 0 spiro atoms. The van der Waals surface area contributed by atoms with Gasteiger partial charge >= 0.3 is 177 Å². The van der Waals surface area contributed by atoms with Gasteiger partial charge in [0.05, 0.1) is 0 Å². The Labute approximate surface area is 176 Å². The van der Waals surface area contributed by atoms with Crippen molar-refractivity contribution >= 4 is 24.9 Å². The number of aryl methyl sites for hydroxylation is 1. The standard InChI is InChI=1S/C13H27.C10H10N3.Sn/c1-4-7-10-13(11-8-5-2)12-9-6-3;1-8-4-3-5-10(6-8)13-9(2)7-11-12-13;/h4-12H2,1-3H3;3-6H,1-2H3;. The molecule has 0 aliphatic rings. The van der Waals surface area contributed by atoms with Crippen LogP contribution in [0.1, 0.15) is 89.8 Å². The SMILES string of the molecule is CCCC[C](CCCC)(CCCC)[Sn][c]1nnn(-c2cccc(C)c2)c1C. The van der Waals surface area contributed by atoms with Crippen LogP contribution in [0.3, 0.4) is 0 Å². The third-order valence-electron chi connectivity index (χ3n) is 5.55. The fourth-order valence-electron chi connectivity index (χ4n) is 3.81. The number of rotatable bonds is 12. The second kappa shape index (κ2) is 11.2. The average molecular weight is 474 g/mol. The van der Waals surface area contributed by atoms with E-state index < -0.39 is 21.1 Å². The predicted molar refractivity (Wildman–Crippen MR) is 117 cm³/mol. The van der Waals surface area contributed by atoms with Crippen molar-refractivity contribution in [2.75, 3.05) is 0 Å². The third kappa shape index (κ3) is 6.33. The van der Waals surface area contributed by atoms with Gasteiger partial charge in [-0.05, 0) is 0 Å². The molecular weight excluding hydrogens is 437 g/mol. The van der Waals surface area contributed by atoms with Gasteiger partial charge in [-0.3, -0.25) is 0 Å². The summed E-state index contributed by atoms with van der Waals surface area (Å²) in [6.07, 6.45) is 12.2. The molecule has 0 aliphatic heterocycles. The fourth-order valence-corrected chi connectivity index (χ4v) is 8.92. The zero-order valence-electron chi connectivity index (χ0n) is 18.0. The molecule has 27 heavy (non-hydrogen) atoms. The molecule has 0 N–H and O–H groups in total. The van der Waals surface area contributed by atoms with Crippen molar-refractivity contribution in [3.05, 3.63) is 35.5 Å². The van der Waals surface area contributed by atoms with Gasteiger partial charge in [0, 0.05) is 0 Å². The van der Waals surface area contributed by atoms with Crippen molar-refractivity contribution in [3.63, 3.8) is 0 Å². The molecule has 0 bridgehead atoms. The molecule has 2 radical (unpaired) electrons. The van der Waals surface area contributed by atoms with E-state index in [-0.39, 0.29) is 0 Å². The summed E-state index contributed by atoms with van der Waals surface area (Å²) in [4.78, 5) is 0. The van der Waals surface area contributed by atoms with Crippen LogP contribution in [-0.4, -0.2) is 36.1 Å². The van der Waals surface area contributed by atoms with Crippen LogP contribution in [0.2, 0.25) is 3.43 Å². The van der Waals surface area contributed by atoms with Crippen molar-refractivity contribution in [3.8, 4) is 5.69 Å². The molecule has 0 saturated heterocycles. The predicted octanol–water partition coefficient (Wildman–Crippen LogP) is 5.94. The Morgan fingerprint density at radius 3 is 2.04 bits per heavy atom. The number of hydrogen-bond acceptors (Lipinski definition) is 2. The third-order valence-corrected chi connectivity index (χ3v) is 11.2. The summed E-state index contributed by atoms with van der Waals surface area (Å²) in [6, 6.07) is 8.59. The van der Waals surface area contributed by atoms with Gasteiger partial charge in [0.15, 0.2) is 0 Å². The Hall–Kier alpha value is -0.841. The first kappa shape index (κ1) is 22.4. The number of unbranched alkanes of at least 4 members (excludes halogenated alkanes) is 3. The maximum absolute atomic E-state index is 4.72. The van der Waals surface area contributed by atoms with E-state index in [0.29, 0.717) is 3.43 Å². The summed E-state index contributed by atoms with van der Waals surface area (Å²) in [5.41, 5.74) is 3.69. The Morgan fingerprint density at radius 2 is 1.52 bits per heavy atom. The van der Waals surface area contributed by atoms with E-state index in [1.165, 1.54) is 72.8 Å². The van der Waals surface area contributed by atoms with Crippen LogP contribution in [0.4, 0.5) is 0 Å². The van der Waals surface area contributed by atoms with Gasteiger partial charge in [0.2, 0.25) is 0 Å². The first-order valence-corrected chi connectivity index (χ1v) is 13.7. The number of hydrogen-bond donors (Lipinski definition) is 0. The summed E-state index contributed by atoms with van der Waals surface area (Å²) < 4.78 is 3.99. The van der Waals surface area contributed by atoms with Gasteiger partial charge in [-0.15, -0.1) is 0 Å². The van der Waals surface area contributed by atoms with Gasteiger partial charge in [0.1, 0.15) is 0 Å². The molecule has 3 nitrogen and oxygen atoms in total. The van der Waals surface area contributed by atoms with Crippen LogP contribution < -0.4 is 3.71 Å². The van der Waals surface area contributed by atoms with Crippen molar-refractivity contribution in [2.24, 2.45) is 0 Å². The Balaban J connectivity index is 2.29. The fraction of sp³-hybridized carbons (Fsp3) is 0.652. The molecule has 1 aromatic heterocycles. The van der Waals surface area contributed by atoms with E-state index in [2.05, 4.69) is 68.8 Å². The summed E-state index contributed by atoms with van der Waals surface area (Å²) >= 11 is -0.831. The molecule has 0 fully saturated rings. The van der Waals surface area contributed by atoms with Crippen molar-refractivity contribution < 1.29 is 0 Å². The van der Waals surface area contributed by atoms with Crippen LogP contribution in [0, 0.1) is 13.8 Å². The molecule has 4 heteroatoms. The second-order valence-corrected chi connectivity index (χ2v) is 13.1. The van der Waals surface area contributed by atoms with Crippen LogP contribution in [0.5, 0.6) is 0 Å². The molecule has 2 aromatic rings. The summed E-state index contributed by atoms with van der Waals surface area (Å²) in [5, 5.41) is 9.28. The maximum atomic E-state index is 4.72. The van der Waals surface area contributed by atoms with E-state index >= 15 is 0 Å². The molecule has 0 unspecified atom stereocenters. The van der Waals surface area contributed by atoms with E-state index in [4.69, 9.17) is 5.10 Å². The van der Waals surface area contributed by atoms with E-state index in [9.17, 15) is 0 Å². The molecule has 2 rings (SSSR count). The molecule has 0 aliphatic carbocycles. The second-order valence-electron chi connectivity index (χ2n) is 7.99. The molecule has 148 valence electrons. The Morgan fingerprint density at radius 1 is 0.926 bits per heavy atom. The average Bonchev–Trinajstić information content (AvgIpc) is 3.03. The summed E-state index contributed by atoms with van der Waals surface area (Å²) in [7, 11) is 0. The summed E-state index contributed by atoms with van der Waals surface area (Å²) in [6.45, 7) is 11.3. The zero-order valence-corrected chi connectivity index (χ0v) is 20.9. The van der Waals surface area contributed by atoms with Crippen molar-refractivity contribution in [1.29, 1.82) is 0 Å². The minimum absolute atomic E-state index is 0.559. The van der Waals surface area contributed by atoms with Crippen molar-refractivity contribution in [1.82, 2.24) is 15.0 Å². The van der Waals surface area contributed by atoms with E-state index in [0.717, 1.165) is 5.69 Å². The molecule has 0 saturated carbocycles. The minimum atomic E-state index is -0.831. The molecule has 0 amide bonds. The van der Waals surface area contributed by atoms with Gasteiger partial charge in [-0.2, -0.15) is 0 Å². The van der Waals surface area contributed by atoms with Crippen LogP contribution in [0.15, 0.2) is 24.3 Å². The molecule has 1 aromatic carbocycles. The molecular formula is C23H37N3Sn. The topological polar surface area (TPSA) is 30.7 Å². The molecule has 0 atom stereocenters. The summed E-state index contributed by atoms with van der Waals surface area (Å²) in [5.74, 6) is 0. The zero-order chi connectivity index (χ0) is 19.7. The number of aromatic nitrogens is 3. The normalized spacial score (nSPS) is 11.9.